The Morgan fingerprint density at radius 1 is 1.44 bits per heavy atom. The van der Waals surface area contributed by atoms with Crippen LogP contribution in [0.2, 0.25) is 0 Å². The maximum atomic E-state index is 10.6. The number of nitrogens with zero attached hydrogens (tertiary/aromatic N) is 2. The average molecular weight is 224 g/mol. The van der Waals surface area contributed by atoms with Crippen LogP contribution in [0.15, 0.2) is 0 Å². The van der Waals surface area contributed by atoms with Gasteiger partial charge in [-0.3, -0.25) is 9.69 Å². The molecular weight excluding hydrogens is 204 g/mol. The van der Waals surface area contributed by atoms with Gasteiger partial charge in [-0.1, -0.05) is 5.92 Å². The van der Waals surface area contributed by atoms with Gasteiger partial charge in [0.15, 0.2) is 0 Å². The molecule has 0 unspecified atom stereocenters. The van der Waals surface area contributed by atoms with Crippen molar-refractivity contribution in [2.75, 3.05) is 39.3 Å². The Morgan fingerprint density at radius 3 is 2.69 bits per heavy atom. The molecule has 4 heteroatoms. The molecule has 0 spiro atoms. The monoisotopic (exact) mass is 224 g/mol. The van der Waals surface area contributed by atoms with E-state index < -0.39 is 5.97 Å². The summed E-state index contributed by atoms with van der Waals surface area (Å²) in [5.74, 6) is 1.69. The fraction of sp³-hybridized carbons (Fsp3) is 0.750. The predicted molar refractivity (Wildman–Crippen MR) is 63.2 cm³/mol. The molecule has 1 rings (SSSR count). The molecule has 1 fully saturated rings. The van der Waals surface area contributed by atoms with E-state index in [0.29, 0.717) is 6.54 Å². The standard InChI is InChI=1S/C12H20N2O2/c1-2-6-14(11-12(15)16)10-5-9-13-7-3-4-8-13/h1H,3-11H2,(H,15,16). The normalized spacial score (nSPS) is 16.5. The average Bonchev–Trinajstić information content (AvgIpc) is 2.70. The smallest absolute Gasteiger partial charge is 0.317 e. The Balaban J connectivity index is 2.15. The van der Waals surface area contributed by atoms with Gasteiger partial charge in [0.25, 0.3) is 0 Å². The van der Waals surface area contributed by atoms with E-state index in [2.05, 4.69) is 10.8 Å². The van der Waals surface area contributed by atoms with Gasteiger partial charge in [0, 0.05) is 6.54 Å². The number of aliphatic carboxylic acids is 1. The zero-order valence-corrected chi connectivity index (χ0v) is 9.69. The van der Waals surface area contributed by atoms with Crippen LogP contribution in [0, 0.1) is 12.3 Å². The third-order valence-electron chi connectivity index (χ3n) is 2.82. The van der Waals surface area contributed by atoms with Gasteiger partial charge in [-0.2, -0.15) is 0 Å². The lowest BCUT2D eigenvalue weighted by molar-refractivity contribution is -0.138. The quantitative estimate of drug-likeness (QED) is 0.639. The van der Waals surface area contributed by atoms with E-state index in [1.165, 1.54) is 25.9 Å². The molecule has 0 atom stereocenters. The van der Waals surface area contributed by atoms with Crippen molar-refractivity contribution in [3.05, 3.63) is 0 Å². The molecule has 1 saturated heterocycles. The van der Waals surface area contributed by atoms with Crippen LogP contribution in [0.5, 0.6) is 0 Å². The van der Waals surface area contributed by atoms with Crippen molar-refractivity contribution >= 4 is 5.97 Å². The van der Waals surface area contributed by atoms with Gasteiger partial charge in [0.1, 0.15) is 0 Å². The summed E-state index contributed by atoms with van der Waals surface area (Å²) in [5, 5.41) is 8.70. The van der Waals surface area contributed by atoms with Crippen LogP contribution < -0.4 is 0 Å². The fourth-order valence-corrected chi connectivity index (χ4v) is 2.06. The van der Waals surface area contributed by atoms with Crippen molar-refractivity contribution in [3.8, 4) is 12.3 Å². The third-order valence-corrected chi connectivity index (χ3v) is 2.82. The lowest BCUT2D eigenvalue weighted by atomic mass is 10.3. The second kappa shape index (κ2) is 7.26. The Hall–Kier alpha value is -1.05. The molecule has 90 valence electrons. The van der Waals surface area contributed by atoms with Crippen molar-refractivity contribution in [2.24, 2.45) is 0 Å². The maximum Gasteiger partial charge on any atom is 0.317 e. The lowest BCUT2D eigenvalue weighted by Gasteiger charge is -2.19. The molecule has 4 nitrogen and oxygen atoms in total. The Morgan fingerprint density at radius 2 is 2.12 bits per heavy atom. The summed E-state index contributed by atoms with van der Waals surface area (Å²) < 4.78 is 0. The van der Waals surface area contributed by atoms with Crippen LogP contribution in [0.3, 0.4) is 0 Å². The number of likely N-dealkylation sites (tertiary alicyclic amines) is 1. The third kappa shape index (κ3) is 5.15. The van der Waals surface area contributed by atoms with Crippen molar-refractivity contribution in [1.82, 2.24) is 9.80 Å². The highest BCUT2D eigenvalue weighted by Gasteiger charge is 2.12. The summed E-state index contributed by atoms with van der Waals surface area (Å²) in [4.78, 5) is 14.8. The first kappa shape index (κ1) is 13.0. The first-order chi connectivity index (χ1) is 7.72. The SMILES string of the molecule is C#CCN(CCCN1CCCC1)CC(=O)O. The molecule has 0 aromatic carbocycles. The Kier molecular flexibility index (Phi) is 5.91. The summed E-state index contributed by atoms with van der Waals surface area (Å²) in [6.45, 7) is 4.67. The highest BCUT2D eigenvalue weighted by Crippen LogP contribution is 2.07. The second-order valence-electron chi connectivity index (χ2n) is 4.21. The number of carbonyl (C=O) groups is 1. The molecule has 0 aromatic rings. The first-order valence-corrected chi connectivity index (χ1v) is 5.82. The Labute approximate surface area is 97.2 Å². The Bertz CT molecular complexity index is 254. The second-order valence-corrected chi connectivity index (χ2v) is 4.21. The van der Waals surface area contributed by atoms with E-state index in [9.17, 15) is 4.79 Å². The topological polar surface area (TPSA) is 43.8 Å². The highest BCUT2D eigenvalue weighted by atomic mass is 16.4. The molecule has 0 bridgehead atoms. The zero-order chi connectivity index (χ0) is 11.8. The van der Waals surface area contributed by atoms with Gasteiger partial charge in [-0.15, -0.1) is 6.42 Å². The summed E-state index contributed by atoms with van der Waals surface area (Å²) in [5.41, 5.74) is 0. The fourth-order valence-electron chi connectivity index (χ4n) is 2.06. The van der Waals surface area contributed by atoms with Crippen molar-refractivity contribution in [2.45, 2.75) is 19.3 Å². The predicted octanol–water partition coefficient (Wildman–Crippen LogP) is 0.492. The minimum atomic E-state index is -0.809. The molecule has 0 amide bonds. The maximum absolute atomic E-state index is 10.6. The van der Waals surface area contributed by atoms with Crippen LogP contribution >= 0.6 is 0 Å². The molecule has 16 heavy (non-hydrogen) atoms. The van der Waals surface area contributed by atoms with Crippen LogP contribution in [0.1, 0.15) is 19.3 Å². The van der Waals surface area contributed by atoms with Crippen LogP contribution in [0.25, 0.3) is 0 Å². The summed E-state index contributed by atoms with van der Waals surface area (Å²) in [6.07, 6.45) is 8.79. The minimum absolute atomic E-state index is 0.0458. The molecule has 1 aliphatic rings. The lowest BCUT2D eigenvalue weighted by Crippen LogP contribution is -2.33. The van der Waals surface area contributed by atoms with E-state index in [-0.39, 0.29) is 6.54 Å². The number of terminal acetylenes is 1. The number of carboxylic acid groups (broad SMARTS) is 1. The van der Waals surface area contributed by atoms with Crippen molar-refractivity contribution < 1.29 is 9.90 Å². The highest BCUT2D eigenvalue weighted by molar-refractivity contribution is 5.69. The molecule has 0 saturated carbocycles. The van der Waals surface area contributed by atoms with Gasteiger partial charge < -0.3 is 10.0 Å². The van der Waals surface area contributed by atoms with Crippen molar-refractivity contribution in [1.29, 1.82) is 0 Å². The molecule has 0 aromatic heterocycles. The summed E-state index contributed by atoms with van der Waals surface area (Å²) >= 11 is 0. The molecule has 0 radical (unpaired) electrons. The van der Waals surface area contributed by atoms with Gasteiger partial charge in [-0.25, -0.2) is 0 Å². The van der Waals surface area contributed by atoms with Crippen LogP contribution in [-0.4, -0.2) is 60.1 Å². The van der Waals surface area contributed by atoms with E-state index in [1.54, 1.807) is 4.90 Å². The number of hydrogen-bond donors (Lipinski definition) is 1. The van der Waals surface area contributed by atoms with Crippen molar-refractivity contribution in [3.63, 3.8) is 0 Å². The van der Waals surface area contributed by atoms with Gasteiger partial charge in [0.05, 0.1) is 13.1 Å². The molecular formula is C12H20N2O2. The van der Waals surface area contributed by atoms with Gasteiger partial charge in [-0.05, 0) is 38.9 Å². The largest absolute Gasteiger partial charge is 0.480 e. The summed E-state index contributed by atoms with van der Waals surface area (Å²) in [7, 11) is 0. The van der Waals surface area contributed by atoms with E-state index in [0.717, 1.165) is 19.5 Å². The zero-order valence-electron chi connectivity index (χ0n) is 9.69. The first-order valence-electron chi connectivity index (χ1n) is 5.82. The van der Waals surface area contributed by atoms with Crippen LogP contribution in [0.4, 0.5) is 0 Å². The minimum Gasteiger partial charge on any atom is -0.480 e. The number of carboxylic acids is 1. The van der Waals surface area contributed by atoms with E-state index >= 15 is 0 Å². The molecule has 1 heterocycles. The summed E-state index contributed by atoms with van der Waals surface area (Å²) in [6, 6.07) is 0. The molecule has 1 aliphatic heterocycles. The van der Waals surface area contributed by atoms with Gasteiger partial charge >= 0.3 is 5.97 Å². The number of hydrogen-bond acceptors (Lipinski definition) is 3. The number of rotatable bonds is 7. The molecule has 0 aliphatic carbocycles. The van der Waals surface area contributed by atoms with Gasteiger partial charge in [0.2, 0.25) is 0 Å². The van der Waals surface area contributed by atoms with Crippen LogP contribution in [-0.2, 0) is 4.79 Å². The molecule has 1 N–H and O–H groups in total. The van der Waals surface area contributed by atoms with E-state index in [4.69, 9.17) is 11.5 Å². The van der Waals surface area contributed by atoms with E-state index in [1.807, 2.05) is 0 Å².